The SMILES string of the molecule is N#Cc1cccc(N2C[C@@H]3C[C@H]2CN3c2ccc(C(N)=C3CCC3)cc2)c1. The predicted molar refractivity (Wildman–Crippen MR) is 109 cm³/mol. The summed E-state index contributed by atoms with van der Waals surface area (Å²) in [4.78, 5) is 5.00. The van der Waals surface area contributed by atoms with Gasteiger partial charge in [-0.1, -0.05) is 18.2 Å². The molecule has 136 valence electrons. The minimum absolute atomic E-state index is 0.519. The Morgan fingerprint density at radius 3 is 2.26 bits per heavy atom. The van der Waals surface area contributed by atoms with E-state index < -0.39 is 0 Å². The zero-order valence-corrected chi connectivity index (χ0v) is 15.4. The summed E-state index contributed by atoms with van der Waals surface area (Å²) in [6.07, 6.45) is 4.78. The van der Waals surface area contributed by atoms with Crippen LogP contribution in [-0.2, 0) is 0 Å². The van der Waals surface area contributed by atoms with Crippen LogP contribution in [0.15, 0.2) is 54.1 Å². The monoisotopic (exact) mass is 356 g/mol. The number of nitriles is 1. The highest BCUT2D eigenvalue weighted by molar-refractivity contribution is 5.69. The molecule has 2 heterocycles. The molecular formula is C23H24N4. The molecule has 2 atom stereocenters. The van der Waals surface area contributed by atoms with Gasteiger partial charge in [-0.3, -0.25) is 0 Å². The van der Waals surface area contributed by atoms with Gasteiger partial charge in [0.05, 0.1) is 11.6 Å². The third kappa shape index (κ3) is 2.75. The van der Waals surface area contributed by atoms with E-state index in [1.807, 2.05) is 18.2 Å². The maximum absolute atomic E-state index is 9.15. The van der Waals surface area contributed by atoms with Gasteiger partial charge in [0.1, 0.15) is 0 Å². The maximum atomic E-state index is 9.15. The molecule has 4 nitrogen and oxygen atoms in total. The quantitative estimate of drug-likeness (QED) is 0.907. The summed E-state index contributed by atoms with van der Waals surface area (Å²) in [6.45, 7) is 2.06. The Balaban J connectivity index is 1.31. The van der Waals surface area contributed by atoms with Crippen molar-refractivity contribution in [2.75, 3.05) is 22.9 Å². The lowest BCUT2D eigenvalue weighted by Crippen LogP contribution is -2.46. The van der Waals surface area contributed by atoms with Gasteiger partial charge >= 0.3 is 0 Å². The van der Waals surface area contributed by atoms with Crippen LogP contribution in [0.25, 0.3) is 5.70 Å². The van der Waals surface area contributed by atoms with Crippen molar-refractivity contribution in [2.45, 2.75) is 37.8 Å². The maximum Gasteiger partial charge on any atom is 0.0992 e. The fourth-order valence-corrected chi connectivity index (χ4v) is 4.71. The van der Waals surface area contributed by atoms with Gasteiger partial charge in [-0.05, 0) is 67.2 Å². The van der Waals surface area contributed by atoms with E-state index in [1.165, 1.54) is 29.8 Å². The number of hydrogen-bond donors (Lipinski definition) is 1. The molecule has 1 saturated carbocycles. The zero-order valence-electron chi connectivity index (χ0n) is 15.4. The number of anilines is 2. The topological polar surface area (TPSA) is 56.3 Å². The van der Waals surface area contributed by atoms with Gasteiger partial charge < -0.3 is 15.5 Å². The summed E-state index contributed by atoms with van der Waals surface area (Å²) in [5.41, 5.74) is 13.1. The summed E-state index contributed by atoms with van der Waals surface area (Å²) in [5, 5.41) is 9.15. The van der Waals surface area contributed by atoms with Gasteiger partial charge in [0.2, 0.25) is 0 Å². The fraction of sp³-hybridized carbons (Fsp3) is 0.348. The van der Waals surface area contributed by atoms with Crippen molar-refractivity contribution in [2.24, 2.45) is 5.73 Å². The van der Waals surface area contributed by atoms with Gasteiger partial charge in [0, 0.05) is 42.2 Å². The molecule has 1 aliphatic carbocycles. The molecule has 0 amide bonds. The van der Waals surface area contributed by atoms with Crippen LogP contribution in [0.2, 0.25) is 0 Å². The standard InChI is InChI=1S/C23H24N4/c24-13-16-3-1-6-20(11-16)27-15-21-12-22(27)14-26(21)19-9-7-18(8-10-19)23(25)17-4-2-5-17/h1,3,6-11,21-22H,2,4-5,12,14-15,25H2/t21-,22-/m0/s1. The second-order valence-electron chi connectivity index (χ2n) is 7.93. The molecule has 2 saturated heterocycles. The molecule has 0 radical (unpaired) electrons. The van der Waals surface area contributed by atoms with Crippen molar-refractivity contribution in [1.29, 1.82) is 5.26 Å². The molecule has 3 fully saturated rings. The normalized spacial score (nSPS) is 23.3. The molecule has 2 aliphatic heterocycles. The zero-order chi connectivity index (χ0) is 18.4. The third-order valence-corrected chi connectivity index (χ3v) is 6.40. The lowest BCUT2D eigenvalue weighted by Gasteiger charge is -2.37. The highest BCUT2D eigenvalue weighted by Crippen LogP contribution is 2.38. The lowest BCUT2D eigenvalue weighted by atomic mass is 9.88. The van der Waals surface area contributed by atoms with Crippen molar-refractivity contribution >= 4 is 17.1 Å². The van der Waals surface area contributed by atoms with E-state index in [9.17, 15) is 0 Å². The van der Waals surface area contributed by atoms with Gasteiger partial charge in [-0.15, -0.1) is 0 Å². The van der Waals surface area contributed by atoms with E-state index in [0.717, 1.165) is 42.8 Å². The van der Waals surface area contributed by atoms with E-state index in [4.69, 9.17) is 11.0 Å². The van der Waals surface area contributed by atoms with Crippen LogP contribution in [0.5, 0.6) is 0 Å². The Morgan fingerprint density at radius 1 is 0.963 bits per heavy atom. The molecule has 4 heteroatoms. The molecule has 5 rings (SSSR count). The number of benzene rings is 2. The summed E-state index contributed by atoms with van der Waals surface area (Å²) < 4.78 is 0. The second kappa shape index (κ2) is 6.35. The molecule has 2 aromatic rings. The molecule has 2 aromatic carbocycles. The van der Waals surface area contributed by atoms with E-state index in [-0.39, 0.29) is 0 Å². The molecule has 3 aliphatic rings. The fourth-order valence-electron chi connectivity index (χ4n) is 4.71. The first kappa shape index (κ1) is 16.3. The number of nitrogens with zero attached hydrogens (tertiary/aromatic N) is 3. The van der Waals surface area contributed by atoms with Crippen molar-refractivity contribution in [3.63, 3.8) is 0 Å². The van der Waals surface area contributed by atoms with Crippen LogP contribution >= 0.6 is 0 Å². The minimum Gasteiger partial charge on any atom is -0.398 e. The van der Waals surface area contributed by atoms with Crippen molar-refractivity contribution in [3.8, 4) is 6.07 Å². The largest absolute Gasteiger partial charge is 0.398 e. The lowest BCUT2D eigenvalue weighted by molar-refractivity contribution is 0.647. The Hall–Kier alpha value is -2.93. The second-order valence-corrected chi connectivity index (χ2v) is 7.93. The molecule has 2 N–H and O–H groups in total. The first-order chi connectivity index (χ1) is 13.2. The van der Waals surface area contributed by atoms with Crippen molar-refractivity contribution < 1.29 is 0 Å². The molecule has 0 aromatic heterocycles. The Kier molecular flexibility index (Phi) is 3.82. The third-order valence-electron chi connectivity index (χ3n) is 6.40. The van der Waals surface area contributed by atoms with Crippen LogP contribution in [-0.4, -0.2) is 25.2 Å². The molecule has 2 bridgehead atoms. The number of piperazine rings is 1. The minimum atomic E-state index is 0.519. The van der Waals surface area contributed by atoms with Gasteiger partial charge in [0.25, 0.3) is 0 Å². The number of fused-ring (bicyclic) bond motifs is 2. The van der Waals surface area contributed by atoms with E-state index in [0.29, 0.717) is 12.1 Å². The van der Waals surface area contributed by atoms with Crippen molar-refractivity contribution in [3.05, 3.63) is 65.2 Å². The average molecular weight is 356 g/mol. The number of allylic oxidation sites excluding steroid dienone is 1. The highest BCUT2D eigenvalue weighted by Gasteiger charge is 2.43. The van der Waals surface area contributed by atoms with Gasteiger partial charge in [-0.25, -0.2) is 0 Å². The highest BCUT2D eigenvalue weighted by atomic mass is 15.4. The summed E-state index contributed by atoms with van der Waals surface area (Å²) in [6, 6.07) is 20.1. The van der Waals surface area contributed by atoms with Crippen LogP contribution < -0.4 is 15.5 Å². The molecule has 0 spiro atoms. The van der Waals surface area contributed by atoms with Crippen LogP contribution in [0.3, 0.4) is 0 Å². The van der Waals surface area contributed by atoms with Crippen LogP contribution in [0, 0.1) is 11.3 Å². The number of rotatable bonds is 3. The Morgan fingerprint density at radius 2 is 1.67 bits per heavy atom. The number of hydrogen-bond acceptors (Lipinski definition) is 4. The average Bonchev–Trinajstić information content (AvgIpc) is 3.28. The molecule has 0 unspecified atom stereocenters. The molecule has 27 heavy (non-hydrogen) atoms. The number of nitrogens with two attached hydrogens (primary N) is 1. The molecular weight excluding hydrogens is 332 g/mol. The van der Waals surface area contributed by atoms with E-state index in [1.54, 1.807) is 0 Å². The van der Waals surface area contributed by atoms with E-state index in [2.05, 4.69) is 46.2 Å². The van der Waals surface area contributed by atoms with Gasteiger partial charge in [-0.2, -0.15) is 5.26 Å². The predicted octanol–water partition coefficient (Wildman–Crippen LogP) is 3.88. The Labute approximate surface area is 160 Å². The van der Waals surface area contributed by atoms with E-state index >= 15 is 0 Å². The first-order valence-corrected chi connectivity index (χ1v) is 9.84. The summed E-state index contributed by atoms with van der Waals surface area (Å²) in [7, 11) is 0. The summed E-state index contributed by atoms with van der Waals surface area (Å²) in [5.74, 6) is 0. The first-order valence-electron chi connectivity index (χ1n) is 9.84. The van der Waals surface area contributed by atoms with Crippen LogP contribution in [0.1, 0.15) is 36.8 Å². The van der Waals surface area contributed by atoms with Gasteiger partial charge in [0.15, 0.2) is 0 Å². The smallest absolute Gasteiger partial charge is 0.0992 e. The summed E-state index contributed by atoms with van der Waals surface area (Å²) >= 11 is 0. The van der Waals surface area contributed by atoms with Crippen LogP contribution in [0.4, 0.5) is 11.4 Å². The Bertz CT molecular complexity index is 932. The van der Waals surface area contributed by atoms with Crippen molar-refractivity contribution in [1.82, 2.24) is 0 Å².